The molecule has 0 aromatic rings. The Labute approximate surface area is 181 Å². The van der Waals surface area contributed by atoms with Crippen molar-refractivity contribution in [2.75, 3.05) is 0 Å². The van der Waals surface area contributed by atoms with E-state index in [1.165, 1.54) is 64.2 Å². The molecule has 0 radical (unpaired) electrons. The van der Waals surface area contributed by atoms with Crippen LogP contribution in [-0.4, -0.2) is 5.78 Å². The van der Waals surface area contributed by atoms with Crippen molar-refractivity contribution in [3.05, 3.63) is 0 Å². The van der Waals surface area contributed by atoms with Gasteiger partial charge in [-0.1, -0.05) is 67.2 Å². The van der Waals surface area contributed by atoms with Gasteiger partial charge in [0.15, 0.2) is 0 Å². The molecule has 29 heavy (non-hydrogen) atoms. The summed E-state index contributed by atoms with van der Waals surface area (Å²) in [4.78, 5) is 13.5. The van der Waals surface area contributed by atoms with Crippen molar-refractivity contribution >= 4 is 5.78 Å². The van der Waals surface area contributed by atoms with Crippen molar-refractivity contribution < 1.29 is 4.79 Å². The Balaban J connectivity index is 1.51. The number of hydrogen-bond acceptors (Lipinski definition) is 1. The summed E-state index contributed by atoms with van der Waals surface area (Å²) in [5.74, 6) is 6.58. The normalized spacial score (nSPS) is 48.2. The highest BCUT2D eigenvalue weighted by atomic mass is 16.1. The number of ketones is 1. The minimum atomic E-state index is 0.292. The molecule has 0 saturated heterocycles. The third-order valence-corrected chi connectivity index (χ3v) is 10.9. The van der Waals surface area contributed by atoms with Gasteiger partial charge >= 0.3 is 0 Å². The zero-order valence-corrected chi connectivity index (χ0v) is 20.3. The van der Waals surface area contributed by atoms with E-state index in [1.54, 1.807) is 0 Å². The van der Waals surface area contributed by atoms with Crippen LogP contribution in [0.5, 0.6) is 0 Å². The second kappa shape index (κ2) is 7.98. The van der Waals surface area contributed by atoms with Gasteiger partial charge in [-0.05, 0) is 90.8 Å². The minimum Gasteiger partial charge on any atom is -0.299 e. The van der Waals surface area contributed by atoms with Crippen molar-refractivity contribution in [1.29, 1.82) is 0 Å². The standard InChI is InChI=1S/C28H48O/c1-18(2)8-7-9-20(4)24-17-25(29)26-22-11-10-21-16-19(3)12-14-27(21,5)23(22)13-15-28(24,26)6/h18-24,26H,7-17H2,1-6H3/t19?,20-,21?,22?,23?,24?,26?,27?,28?/m1/s1. The Morgan fingerprint density at radius 1 is 0.966 bits per heavy atom. The number of rotatable bonds is 5. The first-order chi connectivity index (χ1) is 13.7. The zero-order valence-electron chi connectivity index (χ0n) is 20.3. The molecule has 4 aliphatic rings. The van der Waals surface area contributed by atoms with Crippen molar-refractivity contribution in [3.63, 3.8) is 0 Å². The Morgan fingerprint density at radius 2 is 1.69 bits per heavy atom. The predicted molar refractivity (Wildman–Crippen MR) is 123 cm³/mol. The van der Waals surface area contributed by atoms with E-state index in [0.717, 1.165) is 30.1 Å². The van der Waals surface area contributed by atoms with Crippen LogP contribution >= 0.6 is 0 Å². The lowest BCUT2D eigenvalue weighted by molar-refractivity contribution is -0.142. The minimum absolute atomic E-state index is 0.292. The summed E-state index contributed by atoms with van der Waals surface area (Å²) in [6.45, 7) is 14.8. The largest absolute Gasteiger partial charge is 0.299 e. The summed E-state index contributed by atoms with van der Waals surface area (Å²) >= 11 is 0. The molecule has 4 aliphatic carbocycles. The summed E-state index contributed by atoms with van der Waals surface area (Å²) in [5.41, 5.74) is 0.818. The van der Waals surface area contributed by atoms with Crippen molar-refractivity contribution in [1.82, 2.24) is 0 Å². The quantitative estimate of drug-likeness (QED) is 0.458. The van der Waals surface area contributed by atoms with E-state index in [-0.39, 0.29) is 0 Å². The number of Topliss-reactive ketones (excluding diaryl/α,β-unsaturated/α-hetero) is 1. The average molecular weight is 401 g/mol. The first kappa shape index (κ1) is 21.9. The van der Waals surface area contributed by atoms with Crippen LogP contribution in [-0.2, 0) is 4.79 Å². The number of carbonyl (C=O) groups is 1. The summed E-state index contributed by atoms with van der Waals surface area (Å²) in [7, 11) is 0. The molecule has 0 aromatic heterocycles. The van der Waals surface area contributed by atoms with Crippen LogP contribution in [0, 0.1) is 58.2 Å². The number of carbonyl (C=O) groups excluding carboxylic acids is 1. The van der Waals surface area contributed by atoms with Crippen LogP contribution in [0.3, 0.4) is 0 Å². The molecule has 1 nitrogen and oxygen atoms in total. The maximum Gasteiger partial charge on any atom is 0.137 e. The van der Waals surface area contributed by atoms with Crippen LogP contribution in [0.25, 0.3) is 0 Å². The summed E-state index contributed by atoms with van der Waals surface area (Å²) < 4.78 is 0. The molecule has 0 amide bonds. The predicted octanol–water partition coefficient (Wildman–Crippen LogP) is 7.92. The van der Waals surface area contributed by atoms with Gasteiger partial charge in [0.2, 0.25) is 0 Å². The van der Waals surface area contributed by atoms with E-state index in [0.29, 0.717) is 40.3 Å². The van der Waals surface area contributed by atoms with E-state index in [1.807, 2.05) is 0 Å². The van der Waals surface area contributed by atoms with E-state index in [2.05, 4.69) is 41.5 Å². The molecule has 8 unspecified atom stereocenters. The molecule has 0 bridgehead atoms. The van der Waals surface area contributed by atoms with Crippen LogP contribution in [0.1, 0.15) is 112 Å². The molecule has 4 fully saturated rings. The molecule has 0 heterocycles. The fourth-order valence-electron chi connectivity index (χ4n) is 9.21. The first-order valence-electron chi connectivity index (χ1n) is 13.2. The van der Waals surface area contributed by atoms with E-state index in [9.17, 15) is 4.79 Å². The highest BCUT2D eigenvalue weighted by molar-refractivity contribution is 5.85. The average Bonchev–Trinajstić information content (AvgIpc) is 2.93. The highest BCUT2D eigenvalue weighted by Gasteiger charge is 2.63. The first-order valence-corrected chi connectivity index (χ1v) is 13.2. The lowest BCUT2D eigenvalue weighted by Gasteiger charge is -2.61. The topological polar surface area (TPSA) is 17.1 Å². The summed E-state index contributed by atoms with van der Waals surface area (Å²) in [6.07, 6.45) is 14.7. The monoisotopic (exact) mass is 400 g/mol. The second-order valence-corrected chi connectivity index (χ2v) is 13.0. The number of fused-ring (bicyclic) bond motifs is 5. The van der Waals surface area contributed by atoms with Crippen LogP contribution in [0.15, 0.2) is 0 Å². The van der Waals surface area contributed by atoms with Crippen LogP contribution < -0.4 is 0 Å². The molecule has 1 heteroatoms. The maximum atomic E-state index is 13.5. The van der Waals surface area contributed by atoms with Gasteiger partial charge in [-0.15, -0.1) is 0 Å². The molecule has 0 aliphatic heterocycles. The van der Waals surface area contributed by atoms with Gasteiger partial charge in [0, 0.05) is 12.3 Å². The third kappa shape index (κ3) is 3.65. The van der Waals surface area contributed by atoms with Gasteiger partial charge in [-0.2, -0.15) is 0 Å². The Bertz CT molecular complexity index is 607. The molecule has 4 saturated carbocycles. The molecule has 4 rings (SSSR count). The highest BCUT2D eigenvalue weighted by Crippen LogP contribution is 2.67. The summed E-state index contributed by atoms with van der Waals surface area (Å²) in [6, 6.07) is 0. The molecular formula is C28H48O. The SMILES string of the molecule is CC(C)CCC[C@@H](C)C1CC(=O)C2C3CCC4CC(C)CCC4(C)C3CCC21C. The van der Waals surface area contributed by atoms with Gasteiger partial charge < -0.3 is 0 Å². The molecule has 166 valence electrons. The van der Waals surface area contributed by atoms with Crippen molar-refractivity contribution in [2.45, 2.75) is 112 Å². The molecule has 0 spiro atoms. The fourth-order valence-corrected chi connectivity index (χ4v) is 9.21. The number of hydrogen-bond donors (Lipinski definition) is 0. The van der Waals surface area contributed by atoms with E-state index >= 15 is 0 Å². The Morgan fingerprint density at radius 3 is 2.41 bits per heavy atom. The fraction of sp³-hybridized carbons (Fsp3) is 0.964. The third-order valence-electron chi connectivity index (χ3n) is 10.9. The lowest BCUT2D eigenvalue weighted by Crippen LogP contribution is -2.54. The van der Waals surface area contributed by atoms with Crippen LogP contribution in [0.4, 0.5) is 0 Å². The van der Waals surface area contributed by atoms with Crippen LogP contribution in [0.2, 0.25) is 0 Å². The molecule has 0 aromatic carbocycles. The van der Waals surface area contributed by atoms with E-state index in [4.69, 9.17) is 0 Å². The van der Waals surface area contributed by atoms with Gasteiger partial charge in [0.25, 0.3) is 0 Å². The van der Waals surface area contributed by atoms with Crippen molar-refractivity contribution in [3.8, 4) is 0 Å². The molecule has 9 atom stereocenters. The second-order valence-electron chi connectivity index (χ2n) is 13.0. The Hall–Kier alpha value is -0.330. The van der Waals surface area contributed by atoms with E-state index < -0.39 is 0 Å². The molecular weight excluding hydrogens is 352 g/mol. The smallest absolute Gasteiger partial charge is 0.137 e. The zero-order chi connectivity index (χ0) is 21.0. The Kier molecular flexibility index (Phi) is 6.02. The van der Waals surface area contributed by atoms with Gasteiger partial charge in [0.1, 0.15) is 5.78 Å². The van der Waals surface area contributed by atoms with Gasteiger partial charge in [0.05, 0.1) is 0 Å². The maximum absolute atomic E-state index is 13.5. The van der Waals surface area contributed by atoms with Crippen molar-refractivity contribution in [2.24, 2.45) is 58.2 Å². The molecule has 0 N–H and O–H groups in total. The van der Waals surface area contributed by atoms with Gasteiger partial charge in [-0.3, -0.25) is 4.79 Å². The summed E-state index contributed by atoms with van der Waals surface area (Å²) in [5, 5.41) is 0. The van der Waals surface area contributed by atoms with Gasteiger partial charge in [-0.25, -0.2) is 0 Å². The lowest BCUT2D eigenvalue weighted by atomic mass is 9.44.